The first-order valence-electron chi connectivity index (χ1n) is 8.12. The van der Waals surface area contributed by atoms with E-state index in [9.17, 15) is 4.79 Å². The number of nitrogens with one attached hydrogen (secondary N) is 1. The van der Waals surface area contributed by atoms with Gasteiger partial charge in [0, 0.05) is 5.39 Å². The molecule has 0 heterocycles. The predicted molar refractivity (Wildman–Crippen MR) is 102 cm³/mol. The van der Waals surface area contributed by atoms with Crippen LogP contribution in [0.5, 0.6) is 11.5 Å². The molecule has 3 rings (SSSR count). The number of carboxylic acids is 1. The molecule has 0 spiro atoms. The number of anilines is 1. The van der Waals surface area contributed by atoms with Crippen LogP contribution in [-0.2, 0) is 11.4 Å². The van der Waals surface area contributed by atoms with Gasteiger partial charge in [0.1, 0.15) is 30.3 Å². The van der Waals surface area contributed by atoms with Gasteiger partial charge in [-0.1, -0.05) is 48.0 Å². The van der Waals surface area contributed by atoms with Crippen molar-refractivity contribution < 1.29 is 23.8 Å². The predicted octanol–water partition coefficient (Wildman–Crippen LogP) is 4.72. The summed E-state index contributed by atoms with van der Waals surface area (Å²) in [5.41, 5.74) is 0.839. The Morgan fingerprint density at radius 2 is 1.93 bits per heavy atom. The maximum Gasteiger partial charge on any atom is 0.322 e. The Kier molecular flexibility index (Phi) is 5.66. The molecule has 0 aromatic heterocycles. The number of hydrogen-bond donors (Lipinski definition) is 2. The van der Waals surface area contributed by atoms with Crippen LogP contribution in [0.15, 0.2) is 48.5 Å². The van der Waals surface area contributed by atoms with Crippen molar-refractivity contribution in [3.63, 3.8) is 0 Å². The molecule has 3 aromatic rings. The Hall–Kier alpha value is -2.99. The first-order valence-corrected chi connectivity index (χ1v) is 8.50. The number of ether oxygens (including phenoxy) is 2. The van der Waals surface area contributed by atoms with Crippen molar-refractivity contribution in [3.05, 3.63) is 64.9 Å². The van der Waals surface area contributed by atoms with Crippen molar-refractivity contribution in [1.29, 1.82) is 0 Å². The summed E-state index contributed by atoms with van der Waals surface area (Å²) in [6.07, 6.45) is 0. The van der Waals surface area contributed by atoms with Crippen molar-refractivity contribution in [2.24, 2.45) is 0 Å². The third-order valence-electron chi connectivity index (χ3n) is 3.98. The summed E-state index contributed by atoms with van der Waals surface area (Å²) in [5.74, 6) is -1.29. The summed E-state index contributed by atoms with van der Waals surface area (Å²) in [6, 6.07) is 14.3. The van der Waals surface area contributed by atoms with E-state index in [1.165, 1.54) is 7.11 Å². The molecule has 0 aliphatic heterocycles. The van der Waals surface area contributed by atoms with Gasteiger partial charge in [0.05, 0.1) is 12.1 Å². The third-order valence-corrected chi connectivity index (χ3v) is 4.36. The molecule has 0 saturated carbocycles. The van der Waals surface area contributed by atoms with E-state index in [0.717, 1.165) is 5.56 Å². The average molecular weight is 390 g/mol. The molecular formula is C20H17ClFNO4. The van der Waals surface area contributed by atoms with Gasteiger partial charge in [-0.2, -0.15) is 0 Å². The van der Waals surface area contributed by atoms with Gasteiger partial charge in [-0.25, -0.2) is 4.39 Å². The monoisotopic (exact) mass is 389 g/mol. The quantitative estimate of drug-likeness (QED) is 0.612. The SMILES string of the molecule is COc1ccc2cc(OCc3ccccc3)c(NCC(=O)O)c(F)c2c1Cl. The van der Waals surface area contributed by atoms with E-state index >= 15 is 4.39 Å². The van der Waals surface area contributed by atoms with Gasteiger partial charge >= 0.3 is 5.97 Å². The molecule has 7 heteroatoms. The molecule has 3 aromatic carbocycles. The van der Waals surface area contributed by atoms with Crippen LogP contribution in [0.3, 0.4) is 0 Å². The molecule has 0 unspecified atom stereocenters. The molecular weight excluding hydrogens is 373 g/mol. The van der Waals surface area contributed by atoms with E-state index in [2.05, 4.69) is 5.32 Å². The molecule has 0 aliphatic carbocycles. The topological polar surface area (TPSA) is 67.8 Å². The van der Waals surface area contributed by atoms with Gasteiger partial charge in [-0.3, -0.25) is 4.79 Å². The molecule has 2 N–H and O–H groups in total. The summed E-state index contributed by atoms with van der Waals surface area (Å²) < 4.78 is 26.1. The van der Waals surface area contributed by atoms with Gasteiger partial charge in [-0.05, 0) is 23.1 Å². The lowest BCUT2D eigenvalue weighted by Gasteiger charge is -2.17. The van der Waals surface area contributed by atoms with Crippen LogP contribution in [0.4, 0.5) is 10.1 Å². The summed E-state index contributed by atoms with van der Waals surface area (Å²) >= 11 is 6.26. The molecule has 0 radical (unpaired) electrons. The van der Waals surface area contributed by atoms with Crippen molar-refractivity contribution in [2.75, 3.05) is 19.0 Å². The Morgan fingerprint density at radius 1 is 1.19 bits per heavy atom. The number of hydrogen-bond acceptors (Lipinski definition) is 4. The minimum atomic E-state index is -1.12. The zero-order valence-electron chi connectivity index (χ0n) is 14.5. The molecule has 0 atom stereocenters. The lowest BCUT2D eigenvalue weighted by Crippen LogP contribution is -2.14. The number of carboxylic acid groups (broad SMARTS) is 1. The molecule has 0 aliphatic rings. The van der Waals surface area contributed by atoms with Crippen LogP contribution in [0.25, 0.3) is 10.8 Å². The van der Waals surface area contributed by atoms with Gasteiger partial charge in [0.15, 0.2) is 5.82 Å². The lowest BCUT2D eigenvalue weighted by atomic mass is 10.1. The second kappa shape index (κ2) is 8.14. The van der Waals surface area contributed by atoms with E-state index in [1.807, 2.05) is 30.3 Å². The maximum atomic E-state index is 15.2. The van der Waals surface area contributed by atoms with Crippen molar-refractivity contribution in [1.82, 2.24) is 0 Å². The summed E-state index contributed by atoms with van der Waals surface area (Å²) in [7, 11) is 1.44. The summed E-state index contributed by atoms with van der Waals surface area (Å²) in [6.45, 7) is -0.261. The Morgan fingerprint density at radius 3 is 2.59 bits per heavy atom. The second-order valence-electron chi connectivity index (χ2n) is 5.77. The zero-order valence-corrected chi connectivity index (χ0v) is 15.2. The molecule has 140 valence electrons. The largest absolute Gasteiger partial charge is 0.495 e. The zero-order chi connectivity index (χ0) is 19.4. The fraction of sp³-hybridized carbons (Fsp3) is 0.150. The number of carbonyl (C=O) groups is 1. The van der Waals surface area contributed by atoms with Gasteiger partial charge in [0.25, 0.3) is 0 Å². The number of benzene rings is 3. The third kappa shape index (κ3) is 4.06. The molecule has 0 fully saturated rings. The fourth-order valence-corrected chi connectivity index (χ4v) is 3.03. The number of methoxy groups -OCH3 is 1. The summed E-state index contributed by atoms with van der Waals surface area (Å²) in [5, 5.41) is 12.3. The normalized spacial score (nSPS) is 10.6. The Labute approximate surface area is 160 Å². The van der Waals surface area contributed by atoms with Crippen molar-refractivity contribution in [2.45, 2.75) is 6.61 Å². The highest BCUT2D eigenvalue weighted by molar-refractivity contribution is 6.37. The first-order chi connectivity index (χ1) is 13.0. The van der Waals surface area contributed by atoms with Crippen LogP contribution in [0.2, 0.25) is 5.02 Å². The van der Waals surface area contributed by atoms with Crippen LogP contribution in [0, 0.1) is 5.82 Å². The van der Waals surface area contributed by atoms with E-state index in [4.69, 9.17) is 26.2 Å². The number of aliphatic carboxylic acids is 1. The van der Waals surface area contributed by atoms with E-state index in [0.29, 0.717) is 11.1 Å². The van der Waals surface area contributed by atoms with Crippen LogP contribution in [-0.4, -0.2) is 24.7 Å². The van der Waals surface area contributed by atoms with Crippen LogP contribution in [0.1, 0.15) is 5.56 Å². The average Bonchev–Trinajstić information content (AvgIpc) is 2.66. The fourth-order valence-electron chi connectivity index (χ4n) is 2.70. The van der Waals surface area contributed by atoms with E-state index < -0.39 is 18.3 Å². The molecule has 5 nitrogen and oxygen atoms in total. The van der Waals surface area contributed by atoms with Gasteiger partial charge in [-0.15, -0.1) is 0 Å². The van der Waals surface area contributed by atoms with Gasteiger partial charge in [0.2, 0.25) is 0 Å². The highest BCUT2D eigenvalue weighted by Crippen LogP contribution is 2.41. The highest BCUT2D eigenvalue weighted by Gasteiger charge is 2.19. The number of rotatable bonds is 7. The van der Waals surface area contributed by atoms with Crippen LogP contribution < -0.4 is 14.8 Å². The standard InChI is InChI=1S/C20H17ClFNO4/c1-26-14-8-7-13-9-15(27-11-12-5-3-2-4-6-12)20(23-10-16(24)25)19(22)17(13)18(14)21/h2-9,23H,10-11H2,1H3,(H,24,25). The molecule has 0 bridgehead atoms. The van der Waals surface area contributed by atoms with Crippen molar-refractivity contribution >= 4 is 34.0 Å². The number of halogens is 2. The van der Waals surface area contributed by atoms with Crippen LogP contribution >= 0.6 is 11.6 Å². The Balaban J connectivity index is 2.06. The smallest absolute Gasteiger partial charge is 0.322 e. The second-order valence-corrected chi connectivity index (χ2v) is 6.14. The van der Waals surface area contributed by atoms with Crippen molar-refractivity contribution in [3.8, 4) is 11.5 Å². The van der Waals surface area contributed by atoms with Gasteiger partial charge < -0.3 is 19.9 Å². The first kappa shape index (κ1) is 18.8. The molecule has 0 amide bonds. The highest BCUT2D eigenvalue weighted by atomic mass is 35.5. The van der Waals surface area contributed by atoms with E-state index in [-0.39, 0.29) is 28.5 Å². The van der Waals surface area contributed by atoms with E-state index in [1.54, 1.807) is 18.2 Å². The minimum Gasteiger partial charge on any atom is -0.495 e. The molecule has 0 saturated heterocycles. The summed E-state index contributed by atoms with van der Waals surface area (Å²) in [4.78, 5) is 10.9. The minimum absolute atomic E-state index is 0.0593. The Bertz CT molecular complexity index is 979. The lowest BCUT2D eigenvalue weighted by molar-refractivity contribution is -0.134. The number of fused-ring (bicyclic) bond motifs is 1. The maximum absolute atomic E-state index is 15.2. The molecule has 27 heavy (non-hydrogen) atoms.